The van der Waals surface area contributed by atoms with Crippen LogP contribution in [0, 0.1) is 0 Å². The van der Waals surface area contributed by atoms with Crippen LogP contribution in [0.1, 0.15) is 13.3 Å². The Morgan fingerprint density at radius 2 is 1.89 bits per heavy atom. The summed E-state index contributed by atoms with van der Waals surface area (Å²) < 4.78 is 5.00. The lowest BCUT2D eigenvalue weighted by Gasteiger charge is -2.21. The summed E-state index contributed by atoms with van der Waals surface area (Å²) in [6.07, 6.45) is 1.04. The smallest absolute Gasteiger partial charge is 0.322 e. The van der Waals surface area contributed by atoms with E-state index in [0.29, 0.717) is 5.95 Å². The molecular formula is C11H22N6O. The van der Waals surface area contributed by atoms with Crippen LogP contribution in [0.2, 0.25) is 0 Å². The first kappa shape index (κ1) is 14.4. The fourth-order valence-electron chi connectivity index (χ4n) is 1.57. The summed E-state index contributed by atoms with van der Waals surface area (Å²) in [5.41, 5.74) is 5.63. The average Bonchev–Trinajstić information content (AvgIpc) is 2.33. The van der Waals surface area contributed by atoms with Crippen molar-refractivity contribution in [3.63, 3.8) is 0 Å². The minimum Gasteiger partial charge on any atom is -0.467 e. The molecule has 0 atom stereocenters. The maximum Gasteiger partial charge on any atom is 0.322 e. The van der Waals surface area contributed by atoms with Crippen molar-refractivity contribution in [2.45, 2.75) is 13.3 Å². The fourth-order valence-corrected chi connectivity index (χ4v) is 1.57. The van der Waals surface area contributed by atoms with Crippen molar-refractivity contribution in [1.82, 2.24) is 19.9 Å². The van der Waals surface area contributed by atoms with Gasteiger partial charge in [0.2, 0.25) is 11.9 Å². The monoisotopic (exact) mass is 254 g/mol. The predicted octanol–water partition coefficient (Wildman–Crippen LogP) is 0.240. The molecule has 0 amide bonds. The molecule has 0 aliphatic rings. The van der Waals surface area contributed by atoms with Gasteiger partial charge in [0, 0.05) is 13.1 Å². The highest BCUT2D eigenvalue weighted by atomic mass is 16.5. The molecule has 0 spiro atoms. The number of anilines is 2. The highest BCUT2D eigenvalue weighted by Gasteiger charge is 2.11. The molecule has 0 aromatic carbocycles. The molecule has 18 heavy (non-hydrogen) atoms. The molecule has 1 rings (SSSR count). The molecule has 0 fully saturated rings. The van der Waals surface area contributed by atoms with Gasteiger partial charge in [-0.15, -0.1) is 0 Å². The van der Waals surface area contributed by atoms with Crippen LogP contribution in [-0.4, -0.2) is 60.7 Å². The number of methoxy groups -OCH3 is 1. The summed E-state index contributed by atoms with van der Waals surface area (Å²) in [4.78, 5) is 16.4. The minimum absolute atomic E-state index is 0.183. The first-order valence-corrected chi connectivity index (χ1v) is 6.02. The minimum atomic E-state index is 0.183. The third kappa shape index (κ3) is 4.33. The molecule has 7 nitrogen and oxygen atoms in total. The Labute approximate surface area is 108 Å². The van der Waals surface area contributed by atoms with Crippen molar-refractivity contribution >= 4 is 11.9 Å². The topological polar surface area (TPSA) is 80.4 Å². The number of ether oxygens (including phenoxy) is 1. The van der Waals surface area contributed by atoms with E-state index in [1.165, 1.54) is 7.11 Å². The van der Waals surface area contributed by atoms with Crippen LogP contribution >= 0.6 is 0 Å². The zero-order chi connectivity index (χ0) is 13.5. The van der Waals surface area contributed by atoms with Crippen molar-refractivity contribution < 1.29 is 4.74 Å². The van der Waals surface area contributed by atoms with Gasteiger partial charge in [-0.1, -0.05) is 0 Å². The van der Waals surface area contributed by atoms with Gasteiger partial charge in [0.15, 0.2) is 0 Å². The van der Waals surface area contributed by atoms with Gasteiger partial charge in [0.05, 0.1) is 7.11 Å². The third-order valence-electron chi connectivity index (χ3n) is 2.50. The van der Waals surface area contributed by atoms with Gasteiger partial charge in [-0.3, -0.25) is 0 Å². The van der Waals surface area contributed by atoms with Gasteiger partial charge in [-0.05, 0) is 34.0 Å². The van der Waals surface area contributed by atoms with E-state index in [1.807, 2.05) is 0 Å². The van der Waals surface area contributed by atoms with Gasteiger partial charge in [0.1, 0.15) is 0 Å². The molecule has 0 unspecified atom stereocenters. The molecule has 102 valence electrons. The van der Waals surface area contributed by atoms with E-state index in [-0.39, 0.29) is 12.0 Å². The fraction of sp³-hybridized carbons (Fsp3) is 0.727. The highest BCUT2D eigenvalue weighted by Crippen LogP contribution is 2.13. The first-order chi connectivity index (χ1) is 8.56. The van der Waals surface area contributed by atoms with Crippen LogP contribution in [0.5, 0.6) is 6.01 Å². The van der Waals surface area contributed by atoms with Crippen molar-refractivity contribution in [2.24, 2.45) is 0 Å². The van der Waals surface area contributed by atoms with E-state index in [2.05, 4.69) is 45.8 Å². The van der Waals surface area contributed by atoms with Gasteiger partial charge >= 0.3 is 6.01 Å². The van der Waals surface area contributed by atoms with Crippen molar-refractivity contribution in [2.75, 3.05) is 51.5 Å². The number of rotatable bonds is 7. The molecule has 0 radical (unpaired) electrons. The number of aromatic nitrogens is 3. The zero-order valence-corrected chi connectivity index (χ0v) is 11.6. The van der Waals surface area contributed by atoms with Crippen LogP contribution in [0.4, 0.5) is 11.9 Å². The molecule has 1 aromatic heterocycles. The lowest BCUT2D eigenvalue weighted by molar-refractivity contribution is 0.378. The third-order valence-corrected chi connectivity index (χ3v) is 2.50. The molecule has 0 aliphatic heterocycles. The zero-order valence-electron chi connectivity index (χ0n) is 11.6. The van der Waals surface area contributed by atoms with Crippen molar-refractivity contribution in [3.8, 4) is 6.01 Å². The van der Waals surface area contributed by atoms with E-state index in [0.717, 1.165) is 26.1 Å². The van der Waals surface area contributed by atoms with Crippen LogP contribution in [0.3, 0.4) is 0 Å². The first-order valence-electron chi connectivity index (χ1n) is 6.02. The quantitative estimate of drug-likeness (QED) is 0.746. The summed E-state index contributed by atoms with van der Waals surface area (Å²) in [6.45, 7) is 4.78. The number of nitrogens with two attached hydrogens (primary N) is 1. The largest absolute Gasteiger partial charge is 0.467 e. The molecule has 0 saturated heterocycles. The summed E-state index contributed by atoms with van der Waals surface area (Å²) in [5.74, 6) is 0.753. The van der Waals surface area contributed by atoms with E-state index < -0.39 is 0 Å². The summed E-state index contributed by atoms with van der Waals surface area (Å²) in [5, 5.41) is 0. The van der Waals surface area contributed by atoms with Crippen LogP contribution < -0.4 is 15.4 Å². The second kappa shape index (κ2) is 6.95. The number of hydrogen-bond donors (Lipinski definition) is 1. The predicted molar refractivity (Wildman–Crippen MR) is 71.8 cm³/mol. The van der Waals surface area contributed by atoms with E-state index in [9.17, 15) is 0 Å². The maximum atomic E-state index is 5.63. The van der Waals surface area contributed by atoms with Crippen LogP contribution in [0.25, 0.3) is 0 Å². The SMILES string of the molecule is CCN(CCCN(C)C)c1nc(N)nc(OC)n1. The summed E-state index contributed by atoms with van der Waals surface area (Å²) >= 11 is 0. The maximum absolute atomic E-state index is 5.63. The lowest BCUT2D eigenvalue weighted by Crippen LogP contribution is -2.29. The number of nitrogen functional groups attached to an aromatic ring is 1. The lowest BCUT2D eigenvalue weighted by atomic mass is 10.3. The molecule has 0 saturated carbocycles. The average molecular weight is 254 g/mol. The van der Waals surface area contributed by atoms with E-state index in [4.69, 9.17) is 10.5 Å². The van der Waals surface area contributed by atoms with Crippen LogP contribution in [-0.2, 0) is 0 Å². The Balaban J connectivity index is 2.71. The molecule has 2 N–H and O–H groups in total. The molecule has 1 aromatic rings. The Bertz CT molecular complexity index is 371. The van der Waals surface area contributed by atoms with Gasteiger partial charge in [0.25, 0.3) is 0 Å². The van der Waals surface area contributed by atoms with Gasteiger partial charge in [-0.25, -0.2) is 0 Å². The second-order valence-electron chi connectivity index (χ2n) is 4.22. The molecular weight excluding hydrogens is 232 g/mol. The second-order valence-corrected chi connectivity index (χ2v) is 4.22. The summed E-state index contributed by atoms with van der Waals surface area (Å²) in [7, 11) is 5.63. The van der Waals surface area contributed by atoms with E-state index in [1.54, 1.807) is 0 Å². The van der Waals surface area contributed by atoms with Gasteiger partial charge < -0.3 is 20.3 Å². The molecule has 0 bridgehead atoms. The Kier molecular flexibility index (Phi) is 5.57. The van der Waals surface area contributed by atoms with Gasteiger partial charge in [-0.2, -0.15) is 15.0 Å². The van der Waals surface area contributed by atoms with Crippen molar-refractivity contribution in [1.29, 1.82) is 0 Å². The normalized spacial score (nSPS) is 10.7. The van der Waals surface area contributed by atoms with Crippen molar-refractivity contribution in [3.05, 3.63) is 0 Å². The van der Waals surface area contributed by atoms with Crippen LogP contribution in [0.15, 0.2) is 0 Å². The van der Waals surface area contributed by atoms with E-state index >= 15 is 0 Å². The molecule has 1 heterocycles. The Hall–Kier alpha value is -1.63. The molecule has 7 heteroatoms. The highest BCUT2D eigenvalue weighted by molar-refractivity contribution is 5.35. The standard InChI is InChI=1S/C11H22N6O/c1-5-17(8-6-7-16(2)3)10-13-9(12)14-11(15-10)18-4/h5-8H2,1-4H3,(H2,12,13,14,15). The Morgan fingerprint density at radius 1 is 1.17 bits per heavy atom. The Morgan fingerprint density at radius 3 is 2.44 bits per heavy atom. The number of nitrogens with zero attached hydrogens (tertiary/aromatic N) is 5. The summed E-state index contributed by atoms with van der Waals surface area (Å²) in [6, 6.07) is 0.253. The molecule has 0 aliphatic carbocycles. The number of hydrogen-bond acceptors (Lipinski definition) is 7.